The molecule has 2 aromatic carbocycles. The van der Waals surface area contributed by atoms with E-state index in [0.29, 0.717) is 16.8 Å². The van der Waals surface area contributed by atoms with Crippen molar-refractivity contribution in [3.05, 3.63) is 76.0 Å². The van der Waals surface area contributed by atoms with Gasteiger partial charge in [-0.25, -0.2) is 9.18 Å². The number of aromatic nitrogens is 1. The highest BCUT2D eigenvalue weighted by molar-refractivity contribution is 5.84. The van der Waals surface area contributed by atoms with E-state index in [9.17, 15) is 9.18 Å². The van der Waals surface area contributed by atoms with Crippen LogP contribution in [0.5, 0.6) is 0 Å². The molecule has 2 heterocycles. The molecule has 4 rings (SSSR count). The van der Waals surface area contributed by atoms with E-state index in [1.807, 2.05) is 54.1 Å². The maximum Gasteiger partial charge on any atom is 0.343 e. The molecule has 0 atom stereocenters. The van der Waals surface area contributed by atoms with E-state index in [2.05, 4.69) is 24.1 Å². The Labute approximate surface area is 197 Å². The minimum atomic E-state index is -0.401. The number of rotatable bonds is 8. The number of pyridine rings is 1. The Bertz CT molecular complexity index is 1420. The van der Waals surface area contributed by atoms with E-state index < -0.39 is 5.63 Å². The molecule has 0 aliphatic rings. The Morgan fingerprint density at radius 2 is 1.82 bits per heavy atom. The molecule has 0 bridgehead atoms. The van der Waals surface area contributed by atoms with Gasteiger partial charge in [0.05, 0.1) is 17.9 Å². The molecule has 0 saturated carbocycles. The van der Waals surface area contributed by atoms with E-state index in [-0.39, 0.29) is 19.0 Å². The smallest absolute Gasteiger partial charge is 0.343 e. The second-order valence-electron chi connectivity index (χ2n) is 8.08. The van der Waals surface area contributed by atoms with Crippen LogP contribution in [0.3, 0.4) is 0 Å². The zero-order valence-corrected chi connectivity index (χ0v) is 19.6. The quantitative estimate of drug-likeness (QED) is 0.301. The van der Waals surface area contributed by atoms with Crippen LogP contribution >= 0.6 is 0 Å². The molecule has 0 radical (unpaired) electrons. The van der Waals surface area contributed by atoms with Gasteiger partial charge in [0.15, 0.2) is 0 Å². The largest absolute Gasteiger partial charge is 0.422 e. The number of benzene rings is 2. The summed E-state index contributed by atoms with van der Waals surface area (Å²) < 4.78 is 21.9. The second kappa shape index (κ2) is 10.1. The van der Waals surface area contributed by atoms with E-state index in [0.717, 1.165) is 40.8 Å². The summed E-state index contributed by atoms with van der Waals surface area (Å²) in [4.78, 5) is 14.8. The van der Waals surface area contributed by atoms with E-state index in [4.69, 9.17) is 9.52 Å². The van der Waals surface area contributed by atoms with Crippen molar-refractivity contribution in [2.24, 2.45) is 7.05 Å². The van der Waals surface area contributed by atoms with Crippen LogP contribution < -0.4 is 20.4 Å². The van der Waals surface area contributed by atoms with Crippen LogP contribution in [0.25, 0.3) is 34.0 Å². The number of anilines is 2. The molecular formula is C27H29FN3O3+. The highest BCUT2D eigenvalue weighted by Gasteiger charge is 2.14. The lowest BCUT2D eigenvalue weighted by Crippen LogP contribution is -2.32. The fourth-order valence-electron chi connectivity index (χ4n) is 4.11. The molecule has 0 fully saturated rings. The van der Waals surface area contributed by atoms with Gasteiger partial charge in [0.2, 0.25) is 11.2 Å². The van der Waals surface area contributed by atoms with E-state index >= 15 is 0 Å². The third-order valence-corrected chi connectivity index (χ3v) is 6.03. The van der Waals surface area contributed by atoms with Crippen molar-refractivity contribution in [1.29, 1.82) is 0 Å². The number of aryl methyl sites for hydroxylation is 1. The molecular weight excluding hydrogens is 433 g/mol. The summed E-state index contributed by atoms with van der Waals surface area (Å²) >= 11 is 0. The normalized spacial score (nSPS) is 11.6. The molecule has 0 amide bonds. The average Bonchev–Trinajstić information content (AvgIpc) is 2.83. The minimum Gasteiger partial charge on any atom is -0.422 e. The third-order valence-electron chi connectivity index (χ3n) is 6.03. The van der Waals surface area contributed by atoms with Gasteiger partial charge in [-0.3, -0.25) is 0 Å². The predicted octanol–water partition coefficient (Wildman–Crippen LogP) is 4.33. The number of aliphatic hydroxyl groups is 1. The first kappa shape index (κ1) is 23.4. The average molecular weight is 463 g/mol. The van der Waals surface area contributed by atoms with Gasteiger partial charge in [-0.05, 0) is 50.3 Å². The highest BCUT2D eigenvalue weighted by Crippen LogP contribution is 2.23. The number of nitrogens with zero attached hydrogens (tertiary/aromatic N) is 2. The van der Waals surface area contributed by atoms with Gasteiger partial charge in [-0.15, -0.1) is 0 Å². The van der Waals surface area contributed by atoms with Gasteiger partial charge in [0.25, 0.3) is 0 Å². The molecule has 0 saturated heterocycles. The topological polar surface area (TPSA) is 69.6 Å². The molecule has 0 aliphatic heterocycles. The van der Waals surface area contributed by atoms with Gasteiger partial charge in [0.1, 0.15) is 18.4 Å². The first-order chi connectivity index (χ1) is 16.4. The first-order valence-electron chi connectivity index (χ1n) is 11.4. The maximum absolute atomic E-state index is 14.3. The molecule has 0 aliphatic carbocycles. The van der Waals surface area contributed by atoms with Crippen molar-refractivity contribution < 1.29 is 18.5 Å². The lowest BCUT2D eigenvalue weighted by Gasteiger charge is -2.20. The summed E-state index contributed by atoms with van der Waals surface area (Å²) in [5, 5.41) is 13.5. The maximum atomic E-state index is 14.3. The predicted molar refractivity (Wildman–Crippen MR) is 136 cm³/mol. The summed E-state index contributed by atoms with van der Waals surface area (Å²) in [5.74, 6) is -0.373. The van der Waals surface area contributed by atoms with Crippen LogP contribution in [0.1, 0.15) is 25.1 Å². The molecule has 6 nitrogen and oxygen atoms in total. The van der Waals surface area contributed by atoms with E-state index in [1.54, 1.807) is 12.1 Å². The van der Waals surface area contributed by atoms with Crippen molar-refractivity contribution in [3.8, 4) is 0 Å². The number of hydrogen-bond donors (Lipinski definition) is 2. The fourth-order valence-corrected chi connectivity index (χ4v) is 4.11. The number of halogens is 1. The van der Waals surface area contributed by atoms with Gasteiger partial charge in [-0.2, -0.15) is 4.57 Å². The monoisotopic (exact) mass is 462 g/mol. The number of aliphatic hydroxyl groups excluding tert-OH is 1. The van der Waals surface area contributed by atoms with Crippen molar-refractivity contribution in [1.82, 2.24) is 0 Å². The summed E-state index contributed by atoms with van der Waals surface area (Å²) in [6.45, 7) is 6.11. The molecule has 4 aromatic rings. The Balaban J connectivity index is 1.69. The van der Waals surface area contributed by atoms with Gasteiger partial charge >= 0.3 is 5.63 Å². The third kappa shape index (κ3) is 4.65. The molecule has 2 N–H and O–H groups in total. The van der Waals surface area contributed by atoms with Gasteiger partial charge in [0, 0.05) is 60.4 Å². The fraction of sp³-hybridized carbons (Fsp3) is 0.259. The molecule has 0 spiro atoms. The number of hydrogen-bond acceptors (Lipinski definition) is 5. The SMILES string of the molecule is CCN(CC)c1ccc2cc(/C=C/c3ccc4cc(F)c(NCCO)cc4[n+]3C)c(=O)oc2c1. The van der Waals surface area contributed by atoms with Crippen molar-refractivity contribution >= 4 is 45.4 Å². The zero-order chi connectivity index (χ0) is 24.2. The van der Waals surface area contributed by atoms with Crippen LogP contribution in [-0.4, -0.2) is 31.3 Å². The van der Waals surface area contributed by atoms with Crippen LogP contribution in [0, 0.1) is 5.82 Å². The van der Waals surface area contributed by atoms with Crippen molar-refractivity contribution in [2.75, 3.05) is 36.5 Å². The van der Waals surface area contributed by atoms with Crippen LogP contribution in [0.4, 0.5) is 15.8 Å². The standard InChI is InChI=1S/C27H28FN3O3/c1-4-31(5-2)22-11-7-19-14-20(27(33)34-26(19)16-22)8-10-21-9-6-18-15-23(28)24(29-12-13-32)17-25(18)30(21)3/h6-11,14-17,32H,4-5,12-13H2,1-3H3/p+1/b10-8+. The Hall–Kier alpha value is -3.71. The summed E-state index contributed by atoms with van der Waals surface area (Å²) in [6, 6.07) is 14.6. The highest BCUT2D eigenvalue weighted by atomic mass is 19.1. The van der Waals surface area contributed by atoms with Gasteiger partial charge in [-0.1, -0.05) is 0 Å². The van der Waals surface area contributed by atoms with Crippen LogP contribution in [0.15, 0.2) is 57.7 Å². The Kier molecular flexibility index (Phi) is 6.93. The van der Waals surface area contributed by atoms with E-state index in [1.165, 1.54) is 6.07 Å². The lowest BCUT2D eigenvalue weighted by molar-refractivity contribution is -0.646. The number of nitrogens with one attached hydrogen (secondary N) is 1. The van der Waals surface area contributed by atoms with Crippen LogP contribution in [0.2, 0.25) is 0 Å². The summed E-state index contributed by atoms with van der Waals surface area (Å²) in [5.41, 5.74) is 3.62. The van der Waals surface area contributed by atoms with Crippen molar-refractivity contribution in [2.45, 2.75) is 13.8 Å². The first-order valence-corrected chi connectivity index (χ1v) is 11.4. The lowest BCUT2D eigenvalue weighted by atomic mass is 10.1. The second-order valence-corrected chi connectivity index (χ2v) is 8.08. The molecule has 176 valence electrons. The van der Waals surface area contributed by atoms with Crippen molar-refractivity contribution in [3.63, 3.8) is 0 Å². The van der Waals surface area contributed by atoms with Gasteiger partial charge < -0.3 is 19.7 Å². The molecule has 0 unspecified atom stereocenters. The van der Waals surface area contributed by atoms with Crippen LogP contribution in [-0.2, 0) is 7.05 Å². The minimum absolute atomic E-state index is 0.0858. The zero-order valence-electron chi connectivity index (χ0n) is 19.6. The summed E-state index contributed by atoms with van der Waals surface area (Å²) in [6.07, 6.45) is 3.57. The molecule has 2 aromatic heterocycles. The molecule has 7 heteroatoms. The number of fused-ring (bicyclic) bond motifs is 2. The summed E-state index contributed by atoms with van der Waals surface area (Å²) in [7, 11) is 1.88. The Morgan fingerprint density at radius 1 is 1.06 bits per heavy atom. The Morgan fingerprint density at radius 3 is 2.56 bits per heavy atom. The molecule has 34 heavy (non-hydrogen) atoms.